The molecule has 0 saturated carbocycles. The normalized spacial score (nSPS) is 10.7. The summed E-state index contributed by atoms with van der Waals surface area (Å²) in [7, 11) is 1.65. The van der Waals surface area contributed by atoms with Gasteiger partial charge in [-0.1, -0.05) is 42.1 Å². The van der Waals surface area contributed by atoms with Crippen molar-refractivity contribution in [3.8, 4) is 17.2 Å². The Bertz CT molecular complexity index is 1050. The summed E-state index contributed by atoms with van der Waals surface area (Å²) in [6, 6.07) is 19.5. The molecule has 0 bridgehead atoms. The number of para-hydroxylation sites is 1. The van der Waals surface area contributed by atoms with E-state index in [-0.39, 0.29) is 0 Å². The second-order valence-corrected chi connectivity index (χ2v) is 7.10. The molecule has 0 spiro atoms. The standard InChI is InChI=1S/C21H19N5O2S/c1-27-18-10-8-16(9-11-18)14-26-21(23-24-25-26)29-15-17-5-2-3-7-20(17)28-19-6-4-12-22-13-19/h2-13H,14-15H2,1H3. The van der Waals surface area contributed by atoms with Crippen LogP contribution in [0.2, 0.25) is 0 Å². The average molecular weight is 405 g/mol. The summed E-state index contributed by atoms with van der Waals surface area (Å²) in [5.74, 6) is 3.00. The first-order valence-electron chi connectivity index (χ1n) is 8.99. The van der Waals surface area contributed by atoms with Crippen molar-refractivity contribution in [1.82, 2.24) is 25.2 Å². The van der Waals surface area contributed by atoms with Crippen molar-refractivity contribution < 1.29 is 9.47 Å². The van der Waals surface area contributed by atoms with Crippen LogP contribution in [-0.2, 0) is 12.3 Å². The third-order valence-electron chi connectivity index (χ3n) is 4.18. The van der Waals surface area contributed by atoms with E-state index in [1.165, 1.54) is 0 Å². The number of nitrogens with zero attached hydrogens (tertiary/aromatic N) is 5. The van der Waals surface area contributed by atoms with Crippen LogP contribution in [0.4, 0.5) is 0 Å². The summed E-state index contributed by atoms with van der Waals surface area (Å²) in [5, 5.41) is 12.9. The SMILES string of the molecule is COc1ccc(Cn2nnnc2SCc2ccccc2Oc2cccnc2)cc1. The highest BCUT2D eigenvalue weighted by atomic mass is 32.2. The van der Waals surface area contributed by atoms with Crippen LogP contribution >= 0.6 is 11.8 Å². The highest BCUT2D eigenvalue weighted by molar-refractivity contribution is 7.98. The number of aromatic nitrogens is 5. The van der Waals surface area contributed by atoms with E-state index >= 15 is 0 Å². The maximum Gasteiger partial charge on any atom is 0.209 e. The minimum absolute atomic E-state index is 0.590. The molecule has 2 aromatic heterocycles. The first-order valence-corrected chi connectivity index (χ1v) is 9.98. The number of benzene rings is 2. The van der Waals surface area contributed by atoms with Crippen LogP contribution in [0.15, 0.2) is 78.2 Å². The minimum Gasteiger partial charge on any atom is -0.497 e. The Morgan fingerprint density at radius 1 is 0.966 bits per heavy atom. The molecule has 29 heavy (non-hydrogen) atoms. The van der Waals surface area contributed by atoms with Crippen molar-refractivity contribution in [2.24, 2.45) is 0 Å². The number of hydrogen-bond donors (Lipinski definition) is 0. The summed E-state index contributed by atoms with van der Waals surface area (Å²) >= 11 is 1.56. The lowest BCUT2D eigenvalue weighted by molar-refractivity contribution is 0.414. The van der Waals surface area contributed by atoms with Crippen LogP contribution in [0.1, 0.15) is 11.1 Å². The quantitative estimate of drug-likeness (QED) is 0.407. The Labute approximate surface area is 172 Å². The van der Waals surface area contributed by atoms with Gasteiger partial charge in [-0.15, -0.1) is 5.10 Å². The molecule has 146 valence electrons. The summed E-state index contributed by atoms with van der Waals surface area (Å²) in [5.41, 5.74) is 2.15. The fourth-order valence-corrected chi connectivity index (χ4v) is 3.57. The Morgan fingerprint density at radius 3 is 2.62 bits per heavy atom. The van der Waals surface area contributed by atoms with Gasteiger partial charge in [-0.25, -0.2) is 4.68 Å². The zero-order chi connectivity index (χ0) is 19.9. The number of pyridine rings is 1. The predicted octanol–water partition coefficient (Wildman–Crippen LogP) is 4.21. The van der Waals surface area contributed by atoms with Gasteiger partial charge in [0.15, 0.2) is 0 Å². The van der Waals surface area contributed by atoms with E-state index in [9.17, 15) is 0 Å². The minimum atomic E-state index is 0.590. The van der Waals surface area contributed by atoms with Crippen molar-refractivity contribution in [3.63, 3.8) is 0 Å². The molecule has 0 aliphatic carbocycles. The first kappa shape index (κ1) is 18.9. The van der Waals surface area contributed by atoms with Gasteiger partial charge in [0.1, 0.15) is 17.2 Å². The third-order valence-corrected chi connectivity index (χ3v) is 5.19. The van der Waals surface area contributed by atoms with Gasteiger partial charge in [-0.3, -0.25) is 4.98 Å². The summed E-state index contributed by atoms with van der Waals surface area (Å²) in [6.45, 7) is 0.590. The molecule has 8 heteroatoms. The smallest absolute Gasteiger partial charge is 0.209 e. The van der Waals surface area contributed by atoms with Gasteiger partial charge >= 0.3 is 0 Å². The molecule has 0 aliphatic heterocycles. The third kappa shape index (κ3) is 4.91. The molecule has 0 fully saturated rings. The molecule has 2 heterocycles. The van der Waals surface area contributed by atoms with Crippen molar-refractivity contribution in [2.45, 2.75) is 17.5 Å². The molecule has 4 rings (SSSR count). The topological polar surface area (TPSA) is 75.0 Å². The summed E-state index contributed by atoms with van der Waals surface area (Å²) in [6.07, 6.45) is 3.41. The van der Waals surface area contributed by atoms with E-state index in [0.29, 0.717) is 18.0 Å². The summed E-state index contributed by atoms with van der Waals surface area (Å²) in [4.78, 5) is 4.09. The Morgan fingerprint density at radius 2 is 1.83 bits per heavy atom. The maximum absolute atomic E-state index is 5.98. The van der Waals surface area contributed by atoms with Crippen molar-refractivity contribution >= 4 is 11.8 Å². The molecule has 0 N–H and O–H groups in total. The Balaban J connectivity index is 1.44. The van der Waals surface area contributed by atoms with Crippen molar-refractivity contribution in [2.75, 3.05) is 7.11 Å². The Kier molecular flexibility index (Phi) is 6.01. The number of tetrazole rings is 1. The fourth-order valence-electron chi connectivity index (χ4n) is 2.70. The lowest BCUT2D eigenvalue weighted by atomic mass is 10.2. The second kappa shape index (κ2) is 9.20. The van der Waals surface area contributed by atoms with Gasteiger partial charge in [0.2, 0.25) is 5.16 Å². The van der Waals surface area contributed by atoms with Crippen LogP contribution < -0.4 is 9.47 Å². The largest absolute Gasteiger partial charge is 0.497 e. The molecule has 2 aromatic carbocycles. The maximum atomic E-state index is 5.98. The van der Waals surface area contributed by atoms with Gasteiger partial charge in [0.05, 0.1) is 19.9 Å². The highest BCUT2D eigenvalue weighted by Crippen LogP contribution is 2.30. The van der Waals surface area contributed by atoms with E-state index in [0.717, 1.165) is 27.8 Å². The van der Waals surface area contributed by atoms with Crippen molar-refractivity contribution in [3.05, 3.63) is 84.2 Å². The van der Waals surface area contributed by atoms with Gasteiger partial charge < -0.3 is 9.47 Å². The fraction of sp³-hybridized carbons (Fsp3) is 0.143. The van der Waals surface area contributed by atoms with Crippen LogP contribution in [-0.4, -0.2) is 32.3 Å². The lowest BCUT2D eigenvalue weighted by Crippen LogP contribution is -2.04. The van der Waals surface area contributed by atoms with Crippen LogP contribution in [0, 0.1) is 0 Å². The van der Waals surface area contributed by atoms with Crippen LogP contribution in [0.3, 0.4) is 0 Å². The van der Waals surface area contributed by atoms with Gasteiger partial charge in [0, 0.05) is 17.5 Å². The van der Waals surface area contributed by atoms with Gasteiger partial charge in [-0.2, -0.15) is 0 Å². The summed E-state index contributed by atoms with van der Waals surface area (Å²) < 4.78 is 13.0. The highest BCUT2D eigenvalue weighted by Gasteiger charge is 2.11. The van der Waals surface area contributed by atoms with Crippen molar-refractivity contribution in [1.29, 1.82) is 0 Å². The number of ether oxygens (including phenoxy) is 2. The molecule has 0 unspecified atom stereocenters. The molecule has 4 aromatic rings. The number of hydrogen-bond acceptors (Lipinski definition) is 7. The van der Waals surface area contributed by atoms with E-state index in [2.05, 4.69) is 20.5 Å². The molecular weight excluding hydrogens is 386 g/mol. The number of methoxy groups -OCH3 is 1. The molecule has 0 atom stereocenters. The van der Waals surface area contributed by atoms with E-state index in [1.807, 2.05) is 60.7 Å². The number of rotatable bonds is 8. The monoisotopic (exact) mass is 405 g/mol. The zero-order valence-corrected chi connectivity index (χ0v) is 16.6. The van der Waals surface area contributed by atoms with E-state index in [4.69, 9.17) is 9.47 Å². The second-order valence-electron chi connectivity index (χ2n) is 6.15. The van der Waals surface area contributed by atoms with Gasteiger partial charge in [-0.05, 0) is 46.3 Å². The zero-order valence-electron chi connectivity index (χ0n) is 15.8. The molecule has 0 saturated heterocycles. The van der Waals surface area contributed by atoms with E-state index in [1.54, 1.807) is 35.9 Å². The number of thioether (sulfide) groups is 1. The molecular formula is C21H19N5O2S. The lowest BCUT2D eigenvalue weighted by Gasteiger charge is -2.10. The molecule has 0 radical (unpaired) electrons. The first-order chi connectivity index (χ1) is 14.3. The molecule has 0 aliphatic rings. The van der Waals surface area contributed by atoms with E-state index < -0.39 is 0 Å². The predicted molar refractivity (Wildman–Crippen MR) is 110 cm³/mol. The average Bonchev–Trinajstić information content (AvgIpc) is 3.21. The van der Waals surface area contributed by atoms with Crippen LogP contribution in [0.5, 0.6) is 17.2 Å². The molecule has 7 nitrogen and oxygen atoms in total. The van der Waals surface area contributed by atoms with Gasteiger partial charge in [0.25, 0.3) is 0 Å². The van der Waals surface area contributed by atoms with Crippen LogP contribution in [0.25, 0.3) is 0 Å². The Hall–Kier alpha value is -3.39. The molecule has 0 amide bonds.